The number of anilines is 3. The van der Waals surface area contributed by atoms with Crippen LogP contribution in [0.25, 0.3) is 0 Å². The van der Waals surface area contributed by atoms with Gasteiger partial charge < -0.3 is 46.0 Å². The highest BCUT2D eigenvalue weighted by Gasteiger charge is 2.18. The summed E-state index contributed by atoms with van der Waals surface area (Å²) in [6.45, 7) is 0.886. The number of rotatable bonds is 8. The van der Waals surface area contributed by atoms with E-state index in [0.29, 0.717) is 53.2 Å². The molecule has 0 aromatic carbocycles. The van der Waals surface area contributed by atoms with Gasteiger partial charge in [0.2, 0.25) is 0 Å². The first kappa shape index (κ1) is 25.9. The fourth-order valence-electron chi connectivity index (χ4n) is 3.65. The first-order chi connectivity index (χ1) is 17.1. The number of guanidine groups is 1. The van der Waals surface area contributed by atoms with Crippen molar-refractivity contribution in [1.82, 2.24) is 29.7 Å². The summed E-state index contributed by atoms with van der Waals surface area (Å²) in [7, 11) is 8.55. The summed E-state index contributed by atoms with van der Waals surface area (Å²) in [6, 6.07) is 4.74. The van der Waals surface area contributed by atoms with Gasteiger partial charge in [-0.2, -0.15) is 0 Å². The van der Waals surface area contributed by atoms with Crippen LogP contribution < -0.4 is 32.3 Å². The molecule has 0 aliphatic rings. The summed E-state index contributed by atoms with van der Waals surface area (Å²) in [4.78, 5) is 42.0. The molecule has 0 radical (unpaired) electrons. The molecule has 0 fully saturated rings. The van der Waals surface area contributed by atoms with Gasteiger partial charge in [-0.3, -0.25) is 19.4 Å². The Morgan fingerprint density at radius 1 is 0.778 bits per heavy atom. The van der Waals surface area contributed by atoms with Gasteiger partial charge in [0.05, 0.1) is 17.1 Å². The molecule has 0 saturated carbocycles. The van der Waals surface area contributed by atoms with Crippen molar-refractivity contribution in [2.75, 3.05) is 43.6 Å². The summed E-state index contributed by atoms with van der Waals surface area (Å²) in [5, 5.41) is 14.3. The van der Waals surface area contributed by atoms with Crippen LogP contribution in [0.1, 0.15) is 31.5 Å². The molecule has 36 heavy (non-hydrogen) atoms. The van der Waals surface area contributed by atoms with Crippen molar-refractivity contribution in [2.24, 2.45) is 26.1 Å². The minimum atomic E-state index is -0.388. The predicted octanol–water partition coefficient (Wildman–Crippen LogP) is 0.314. The number of nitrogen functional groups attached to an aromatic ring is 1. The number of nitrogens with two attached hydrogens (primary N) is 1. The quantitative estimate of drug-likeness (QED) is 0.149. The van der Waals surface area contributed by atoms with E-state index in [-0.39, 0.29) is 17.7 Å². The standard InChI is InChI=1S/C23H32N10O3/c1-25-23(26-2)28-7-6-27-20(34)18-9-15(12-32(18)4)30-22(36)19-10-16(13-33(19)5)29-21(35)17-8-14(24)11-31(17)3/h8-13H,6-7,24H2,1-5H3,(H,27,34)(H,29,35)(H,30,36)(H2,25,26,28). The van der Waals surface area contributed by atoms with E-state index in [4.69, 9.17) is 5.73 Å². The van der Waals surface area contributed by atoms with Gasteiger partial charge >= 0.3 is 0 Å². The lowest BCUT2D eigenvalue weighted by molar-refractivity contribution is 0.0944. The fraction of sp³-hybridized carbons (Fsp3) is 0.304. The van der Waals surface area contributed by atoms with Gasteiger partial charge in [0.15, 0.2) is 5.96 Å². The first-order valence-electron chi connectivity index (χ1n) is 11.2. The lowest BCUT2D eigenvalue weighted by atomic mass is 10.3. The number of hydrogen-bond donors (Lipinski definition) is 6. The van der Waals surface area contributed by atoms with Crippen LogP contribution in [0.5, 0.6) is 0 Å². The summed E-state index contributed by atoms with van der Waals surface area (Å²) < 4.78 is 4.86. The monoisotopic (exact) mass is 496 g/mol. The molecule has 0 atom stereocenters. The third-order valence-electron chi connectivity index (χ3n) is 5.41. The van der Waals surface area contributed by atoms with Crippen molar-refractivity contribution in [1.29, 1.82) is 0 Å². The number of carbonyl (C=O) groups is 3. The second kappa shape index (κ2) is 11.2. The fourth-order valence-corrected chi connectivity index (χ4v) is 3.65. The zero-order valence-electron chi connectivity index (χ0n) is 21.0. The summed E-state index contributed by atoms with van der Waals surface area (Å²) in [5.74, 6) is -0.378. The van der Waals surface area contributed by atoms with Gasteiger partial charge in [-0.15, -0.1) is 0 Å². The minimum absolute atomic E-state index is 0.274. The van der Waals surface area contributed by atoms with Crippen molar-refractivity contribution >= 4 is 40.7 Å². The molecular formula is C23H32N10O3. The maximum Gasteiger partial charge on any atom is 0.272 e. The van der Waals surface area contributed by atoms with Crippen LogP contribution in [-0.2, 0) is 21.1 Å². The zero-order valence-corrected chi connectivity index (χ0v) is 21.0. The second-order valence-corrected chi connectivity index (χ2v) is 8.13. The highest BCUT2D eigenvalue weighted by molar-refractivity contribution is 6.07. The lowest BCUT2D eigenvalue weighted by Crippen LogP contribution is -2.40. The average Bonchev–Trinajstić information content (AvgIpc) is 3.49. The summed E-state index contributed by atoms with van der Waals surface area (Å²) in [6.07, 6.45) is 4.93. The number of amides is 3. The lowest BCUT2D eigenvalue weighted by Gasteiger charge is -2.09. The molecule has 3 heterocycles. The van der Waals surface area contributed by atoms with Crippen LogP contribution in [0, 0.1) is 0 Å². The normalized spacial score (nSPS) is 11.2. The van der Waals surface area contributed by atoms with Crippen molar-refractivity contribution in [3.05, 3.63) is 53.9 Å². The Bertz CT molecular complexity index is 1300. The Labute approximate surface area is 208 Å². The van der Waals surface area contributed by atoms with E-state index in [1.807, 2.05) is 0 Å². The van der Waals surface area contributed by atoms with Gasteiger partial charge in [0, 0.05) is 66.9 Å². The van der Waals surface area contributed by atoms with Gasteiger partial charge in [-0.1, -0.05) is 0 Å². The molecule has 7 N–H and O–H groups in total. The highest BCUT2D eigenvalue weighted by Crippen LogP contribution is 2.19. The molecule has 0 unspecified atom stereocenters. The van der Waals surface area contributed by atoms with Crippen molar-refractivity contribution in [2.45, 2.75) is 0 Å². The summed E-state index contributed by atoms with van der Waals surface area (Å²) >= 11 is 0. The predicted molar refractivity (Wildman–Crippen MR) is 139 cm³/mol. The van der Waals surface area contributed by atoms with E-state index >= 15 is 0 Å². The maximum atomic E-state index is 12.9. The SMILES string of the molecule is CN=C(NC)NCCNC(=O)c1cc(NC(=O)c2cc(NC(=O)c3cc(N)cn3C)cn2C)cn1C. The third-order valence-corrected chi connectivity index (χ3v) is 5.41. The van der Waals surface area contributed by atoms with Crippen molar-refractivity contribution in [3.8, 4) is 0 Å². The maximum absolute atomic E-state index is 12.9. The molecule has 3 rings (SSSR count). The molecule has 3 amide bonds. The van der Waals surface area contributed by atoms with E-state index in [9.17, 15) is 14.4 Å². The van der Waals surface area contributed by atoms with Crippen molar-refractivity contribution in [3.63, 3.8) is 0 Å². The topological polar surface area (TPSA) is 165 Å². The molecule has 3 aromatic rings. The van der Waals surface area contributed by atoms with E-state index in [1.54, 1.807) is 85.7 Å². The Morgan fingerprint density at radius 2 is 1.25 bits per heavy atom. The molecule has 192 valence electrons. The molecule has 13 nitrogen and oxygen atoms in total. The Morgan fingerprint density at radius 3 is 1.72 bits per heavy atom. The van der Waals surface area contributed by atoms with E-state index in [2.05, 4.69) is 31.6 Å². The van der Waals surface area contributed by atoms with Gasteiger partial charge in [-0.05, 0) is 18.2 Å². The van der Waals surface area contributed by atoms with Crippen LogP contribution in [0.15, 0.2) is 41.8 Å². The molecular weight excluding hydrogens is 464 g/mol. The molecule has 0 saturated heterocycles. The van der Waals surface area contributed by atoms with Crippen molar-refractivity contribution < 1.29 is 14.4 Å². The molecule has 13 heteroatoms. The number of carbonyl (C=O) groups excluding carboxylic acids is 3. The van der Waals surface area contributed by atoms with Crippen LogP contribution in [0.4, 0.5) is 17.1 Å². The number of aryl methyl sites for hydroxylation is 3. The molecule has 0 spiro atoms. The summed E-state index contributed by atoms with van der Waals surface area (Å²) in [5.41, 5.74) is 8.27. The number of nitrogens with zero attached hydrogens (tertiary/aromatic N) is 4. The molecule has 0 bridgehead atoms. The first-order valence-corrected chi connectivity index (χ1v) is 11.2. The number of aliphatic imine (C=N–C) groups is 1. The number of hydrogen-bond acceptors (Lipinski definition) is 5. The molecule has 3 aromatic heterocycles. The second-order valence-electron chi connectivity index (χ2n) is 8.13. The van der Waals surface area contributed by atoms with Gasteiger partial charge in [-0.25, -0.2) is 0 Å². The average molecular weight is 497 g/mol. The number of aromatic nitrogens is 3. The third kappa shape index (κ3) is 6.05. The number of nitrogens with one attached hydrogen (secondary N) is 5. The van der Waals surface area contributed by atoms with E-state index in [0.717, 1.165) is 0 Å². The van der Waals surface area contributed by atoms with Crippen LogP contribution >= 0.6 is 0 Å². The van der Waals surface area contributed by atoms with E-state index < -0.39 is 0 Å². The van der Waals surface area contributed by atoms with Crippen LogP contribution in [-0.4, -0.2) is 64.6 Å². The largest absolute Gasteiger partial charge is 0.397 e. The Balaban J connectivity index is 1.60. The van der Waals surface area contributed by atoms with E-state index in [1.165, 1.54) is 0 Å². The molecule has 0 aliphatic carbocycles. The van der Waals surface area contributed by atoms with Gasteiger partial charge in [0.25, 0.3) is 17.7 Å². The highest BCUT2D eigenvalue weighted by atomic mass is 16.2. The molecule has 0 aliphatic heterocycles. The zero-order chi connectivity index (χ0) is 26.4. The smallest absolute Gasteiger partial charge is 0.272 e. The minimum Gasteiger partial charge on any atom is -0.397 e. The van der Waals surface area contributed by atoms with Crippen LogP contribution in [0.2, 0.25) is 0 Å². The van der Waals surface area contributed by atoms with Crippen LogP contribution in [0.3, 0.4) is 0 Å². The Hall–Kier alpha value is -4.68. The van der Waals surface area contributed by atoms with Gasteiger partial charge in [0.1, 0.15) is 17.1 Å². The Kier molecular flexibility index (Phi) is 8.04.